The van der Waals surface area contributed by atoms with Crippen molar-refractivity contribution < 1.29 is 86.3 Å². The third-order valence-corrected chi connectivity index (χ3v) is 9.50. The highest BCUT2D eigenvalue weighted by molar-refractivity contribution is 5.70. The third-order valence-electron chi connectivity index (χ3n) is 9.50. The molecule has 0 bridgehead atoms. The standard InChI is InChI=1S/C16H26O2.C14H18F12.C13H28O3.C12H24O2/c1-15(2,3)11-17-13-7-9-14(10-8-13)18-12-16(4,5)6;1-7(2,3)9(15,16)11(19,20)13(23,24)14(25,26)12(21,22)10(17,18)8(4,5)6;1-12(2,3)9-15-7-11(14)8-16-10-13(4,5)6;1-11(2,3)7-8-14-10(13)9-12(4,5)6/h7-10H,11-12H2,1-6H3;1-6H3;11,14H,7-10H2,1-6H3;7-9H2,1-6H3. The van der Waals surface area contributed by atoms with Gasteiger partial charge in [-0.3, -0.25) is 4.79 Å². The zero-order valence-electron chi connectivity index (χ0n) is 49.2. The van der Waals surface area contributed by atoms with Gasteiger partial charge in [0.15, 0.2) is 0 Å². The molecule has 1 aromatic rings. The van der Waals surface area contributed by atoms with Crippen LogP contribution in [-0.4, -0.2) is 99.0 Å². The Hall–Kier alpha value is -2.67. The van der Waals surface area contributed by atoms with Gasteiger partial charge in [0, 0.05) is 10.8 Å². The van der Waals surface area contributed by atoms with Crippen LogP contribution < -0.4 is 9.47 Å². The molecule has 0 aliphatic heterocycles. The fraction of sp³-hybridized carbons (Fsp3) is 0.873. The second kappa shape index (κ2) is 27.3. The van der Waals surface area contributed by atoms with Crippen LogP contribution in [0.4, 0.5) is 52.7 Å². The van der Waals surface area contributed by atoms with Gasteiger partial charge in [0.25, 0.3) is 0 Å². The molecule has 0 fully saturated rings. The van der Waals surface area contributed by atoms with Crippen LogP contribution >= 0.6 is 0 Å². The summed E-state index contributed by atoms with van der Waals surface area (Å²) >= 11 is 0. The van der Waals surface area contributed by atoms with Crippen LogP contribution in [0, 0.1) is 43.3 Å². The summed E-state index contributed by atoms with van der Waals surface area (Å²) in [6.45, 7) is 43.7. The van der Waals surface area contributed by atoms with Gasteiger partial charge in [0.1, 0.15) is 17.6 Å². The number of hydrogen-bond donors (Lipinski definition) is 1. The second-order valence-electron chi connectivity index (χ2n) is 28.2. The van der Waals surface area contributed by atoms with Crippen LogP contribution in [-0.2, 0) is 19.0 Å². The van der Waals surface area contributed by atoms with Gasteiger partial charge in [-0.2, -0.15) is 52.7 Å². The summed E-state index contributed by atoms with van der Waals surface area (Å²) in [5.41, 5.74) is -5.25. The molecule has 0 aliphatic rings. The second-order valence-corrected chi connectivity index (χ2v) is 28.2. The van der Waals surface area contributed by atoms with Gasteiger partial charge in [-0.15, -0.1) is 0 Å². The Morgan fingerprint density at radius 2 is 0.662 bits per heavy atom. The van der Waals surface area contributed by atoms with E-state index in [9.17, 15) is 62.6 Å². The summed E-state index contributed by atoms with van der Waals surface area (Å²) in [4.78, 5) is 11.3. The van der Waals surface area contributed by atoms with E-state index in [1.54, 1.807) is 0 Å². The number of hydrogen-bond acceptors (Lipinski definition) is 7. The highest BCUT2D eigenvalue weighted by atomic mass is 19.4. The Labute approximate surface area is 437 Å². The Morgan fingerprint density at radius 1 is 0.405 bits per heavy atom. The van der Waals surface area contributed by atoms with Crippen LogP contribution in [0.25, 0.3) is 0 Å². The van der Waals surface area contributed by atoms with Crippen molar-refractivity contribution in [3.05, 3.63) is 24.3 Å². The molecule has 0 aliphatic carbocycles. The maximum absolute atomic E-state index is 13.7. The zero-order chi connectivity index (χ0) is 60.0. The zero-order valence-corrected chi connectivity index (χ0v) is 49.2. The maximum atomic E-state index is 13.7. The van der Waals surface area contributed by atoms with Gasteiger partial charge >= 0.3 is 41.5 Å². The van der Waals surface area contributed by atoms with Crippen molar-refractivity contribution >= 4 is 5.97 Å². The van der Waals surface area contributed by atoms with Crippen molar-refractivity contribution in [3.8, 4) is 11.5 Å². The molecule has 19 heteroatoms. The molecule has 442 valence electrons. The first-order valence-electron chi connectivity index (χ1n) is 24.7. The number of halogens is 12. The molecule has 1 N–H and O–H groups in total. The minimum Gasteiger partial charge on any atom is -0.493 e. The first-order valence-corrected chi connectivity index (χ1v) is 24.7. The first kappa shape index (κ1) is 75.6. The number of aliphatic hydroxyl groups excluding tert-OH is 1. The molecule has 74 heavy (non-hydrogen) atoms. The molecule has 0 unspecified atom stereocenters. The van der Waals surface area contributed by atoms with E-state index in [0.29, 0.717) is 39.5 Å². The largest absolute Gasteiger partial charge is 0.493 e. The van der Waals surface area contributed by atoms with E-state index in [-0.39, 0.29) is 80.0 Å². The average Bonchev–Trinajstić information content (AvgIpc) is 3.13. The predicted molar refractivity (Wildman–Crippen MR) is 271 cm³/mol. The van der Waals surface area contributed by atoms with E-state index in [0.717, 1.165) is 31.1 Å². The van der Waals surface area contributed by atoms with E-state index in [1.807, 2.05) is 45.0 Å². The minimum atomic E-state index is -7.51. The highest BCUT2D eigenvalue weighted by Crippen LogP contribution is 2.64. The Morgan fingerprint density at radius 3 is 0.878 bits per heavy atom. The number of benzene rings is 1. The Bertz CT molecular complexity index is 1640. The Kier molecular flexibility index (Phi) is 27.9. The molecule has 0 saturated carbocycles. The van der Waals surface area contributed by atoms with Crippen molar-refractivity contribution in [1.82, 2.24) is 0 Å². The van der Waals surface area contributed by atoms with Gasteiger partial charge in [-0.25, -0.2) is 0 Å². The molecular formula is C55H96F12O7. The monoisotopic (exact) mass is 1100 g/mol. The number of carbonyl (C=O) groups excluding carboxylic acids is 1. The highest BCUT2D eigenvalue weighted by Gasteiger charge is 2.91. The van der Waals surface area contributed by atoms with E-state index in [4.69, 9.17) is 23.7 Å². The number of aliphatic hydroxyl groups is 1. The summed E-state index contributed by atoms with van der Waals surface area (Å²) in [6, 6.07) is 7.85. The SMILES string of the molecule is CC(C)(C)C(F)(F)C(F)(F)C(F)(F)C(F)(F)C(F)(F)C(F)(F)C(C)(C)C.CC(C)(C)CCOC(=O)CC(C)(C)C.CC(C)(C)COCC(O)COCC(C)(C)C.CC(C)(C)COc1ccc(OCC(C)(C)C)cc1. The van der Waals surface area contributed by atoms with Crippen LogP contribution in [0.5, 0.6) is 11.5 Å². The summed E-state index contributed by atoms with van der Waals surface area (Å²) in [5.74, 6) is -39.3. The molecular weight excluding hydrogens is 1000 g/mol. The van der Waals surface area contributed by atoms with Gasteiger partial charge in [-0.1, -0.05) is 166 Å². The number of esters is 1. The average molecular weight is 1100 g/mol. The lowest BCUT2D eigenvalue weighted by Crippen LogP contribution is -2.73. The molecule has 1 rings (SSSR count). The number of alkyl halides is 12. The maximum Gasteiger partial charge on any atom is 0.384 e. The summed E-state index contributed by atoms with van der Waals surface area (Å²) in [5, 5.41) is 9.59. The molecule has 0 saturated heterocycles. The number of rotatable bonds is 18. The first-order chi connectivity index (χ1) is 32.1. The molecule has 0 amide bonds. The van der Waals surface area contributed by atoms with Gasteiger partial charge in [0.2, 0.25) is 0 Å². The topological polar surface area (TPSA) is 83.5 Å². The molecule has 0 aromatic heterocycles. The van der Waals surface area contributed by atoms with Crippen molar-refractivity contribution in [2.75, 3.05) is 46.2 Å². The van der Waals surface area contributed by atoms with Gasteiger partial charge in [0.05, 0.1) is 52.7 Å². The van der Waals surface area contributed by atoms with Crippen LogP contribution in [0.2, 0.25) is 0 Å². The predicted octanol–water partition coefficient (Wildman–Crippen LogP) is 17.3. The Balaban J connectivity index is -0.000000935. The fourth-order valence-electron chi connectivity index (χ4n) is 4.97. The smallest absolute Gasteiger partial charge is 0.384 e. The molecule has 0 heterocycles. The lowest BCUT2D eigenvalue weighted by molar-refractivity contribution is -0.439. The lowest BCUT2D eigenvalue weighted by Gasteiger charge is -2.46. The normalized spacial score (nSPS) is 14.2. The fourth-order valence-corrected chi connectivity index (χ4v) is 4.97. The van der Waals surface area contributed by atoms with Crippen LogP contribution in [0.1, 0.15) is 179 Å². The minimum absolute atomic E-state index is 0.0266. The third kappa shape index (κ3) is 27.6. The van der Waals surface area contributed by atoms with Crippen molar-refractivity contribution in [2.45, 2.75) is 221 Å². The van der Waals surface area contributed by atoms with Crippen molar-refractivity contribution in [2.24, 2.45) is 43.3 Å². The summed E-state index contributed by atoms with van der Waals surface area (Å²) < 4.78 is 191. The number of ether oxygens (including phenoxy) is 5. The van der Waals surface area contributed by atoms with Crippen molar-refractivity contribution in [3.63, 3.8) is 0 Å². The van der Waals surface area contributed by atoms with Crippen molar-refractivity contribution in [1.29, 1.82) is 0 Å². The van der Waals surface area contributed by atoms with Crippen LogP contribution in [0.3, 0.4) is 0 Å². The van der Waals surface area contributed by atoms with E-state index < -0.39 is 52.5 Å². The van der Waals surface area contributed by atoms with Crippen LogP contribution in [0.15, 0.2) is 24.3 Å². The number of carbonyl (C=O) groups is 1. The molecule has 0 atom stereocenters. The lowest BCUT2D eigenvalue weighted by atomic mass is 9.76. The molecule has 1 aromatic carbocycles. The summed E-state index contributed by atoms with van der Waals surface area (Å²) in [7, 11) is 0. The van der Waals surface area contributed by atoms with E-state index >= 15 is 0 Å². The summed E-state index contributed by atoms with van der Waals surface area (Å²) in [6.07, 6.45) is 0.893. The molecule has 0 radical (unpaired) electrons. The van der Waals surface area contributed by atoms with E-state index in [2.05, 4.69) is 104 Å². The van der Waals surface area contributed by atoms with Gasteiger partial charge in [-0.05, 0) is 63.2 Å². The quantitative estimate of drug-likeness (QED) is 0.116. The van der Waals surface area contributed by atoms with E-state index in [1.165, 1.54) is 0 Å². The van der Waals surface area contributed by atoms with Gasteiger partial charge < -0.3 is 28.8 Å². The molecule has 0 spiro atoms. The molecule has 7 nitrogen and oxygen atoms in total.